The minimum absolute atomic E-state index is 0.162. The second-order valence-corrected chi connectivity index (χ2v) is 6.91. The molecule has 1 fully saturated rings. The van der Waals surface area contributed by atoms with Crippen LogP contribution in [-0.2, 0) is 10.0 Å². The average molecular weight is 325 g/mol. The van der Waals surface area contributed by atoms with Crippen molar-refractivity contribution in [2.24, 2.45) is 0 Å². The molecule has 1 aliphatic rings. The topological polar surface area (TPSA) is 106 Å². The van der Waals surface area contributed by atoms with Gasteiger partial charge in [0.15, 0.2) is 17.8 Å². The summed E-state index contributed by atoms with van der Waals surface area (Å²) >= 11 is 0. The lowest BCUT2D eigenvalue weighted by atomic mass is 10.2. The van der Waals surface area contributed by atoms with Crippen LogP contribution in [0, 0.1) is 0 Å². The Bertz CT molecular complexity index is 765. The number of amides is 1. The molecule has 0 bridgehead atoms. The van der Waals surface area contributed by atoms with Gasteiger partial charge >= 0.3 is 0 Å². The molecule has 0 spiro atoms. The number of hydrogen-bond acceptors (Lipinski definition) is 6. The van der Waals surface area contributed by atoms with E-state index in [0.29, 0.717) is 25.3 Å². The van der Waals surface area contributed by atoms with Crippen LogP contribution in [0.5, 0.6) is 0 Å². The monoisotopic (exact) mass is 325 g/mol. The Balaban J connectivity index is 1.75. The van der Waals surface area contributed by atoms with Crippen molar-refractivity contribution in [2.45, 2.75) is 12.5 Å². The van der Waals surface area contributed by atoms with Crippen molar-refractivity contribution >= 4 is 15.9 Å². The first-order chi connectivity index (χ1) is 10.4. The van der Waals surface area contributed by atoms with Crippen LogP contribution >= 0.6 is 0 Å². The summed E-state index contributed by atoms with van der Waals surface area (Å²) in [7, 11) is -3.29. The molecule has 2 aromatic heterocycles. The van der Waals surface area contributed by atoms with E-state index < -0.39 is 10.0 Å². The predicted molar refractivity (Wildman–Crippen MR) is 76.5 cm³/mol. The first-order valence-corrected chi connectivity index (χ1v) is 8.57. The Morgan fingerprint density at radius 3 is 2.95 bits per heavy atom. The summed E-state index contributed by atoms with van der Waals surface area (Å²) < 4.78 is 35.5. The van der Waals surface area contributed by atoms with Gasteiger partial charge < -0.3 is 13.7 Å². The quantitative estimate of drug-likeness (QED) is 0.887. The Morgan fingerprint density at radius 1 is 1.45 bits per heavy atom. The third-order valence-electron chi connectivity index (χ3n) is 3.37. The van der Waals surface area contributed by atoms with Crippen LogP contribution < -0.4 is 4.72 Å². The highest BCUT2D eigenvalue weighted by Gasteiger charge is 2.32. The molecule has 2 aromatic rings. The maximum Gasteiger partial charge on any atom is 0.276 e. The van der Waals surface area contributed by atoms with E-state index in [1.165, 1.54) is 12.7 Å². The van der Waals surface area contributed by atoms with Crippen molar-refractivity contribution in [3.63, 3.8) is 0 Å². The minimum atomic E-state index is -3.29. The number of furan rings is 1. The van der Waals surface area contributed by atoms with Crippen molar-refractivity contribution in [3.8, 4) is 11.5 Å². The molecule has 118 valence electrons. The Morgan fingerprint density at radius 2 is 2.27 bits per heavy atom. The molecule has 1 aliphatic heterocycles. The van der Waals surface area contributed by atoms with E-state index in [0.717, 1.165) is 6.26 Å². The molecule has 3 heterocycles. The molecule has 1 unspecified atom stereocenters. The number of hydrogen-bond donors (Lipinski definition) is 1. The zero-order chi connectivity index (χ0) is 15.7. The highest BCUT2D eigenvalue weighted by molar-refractivity contribution is 7.88. The van der Waals surface area contributed by atoms with Gasteiger partial charge in [0.1, 0.15) is 0 Å². The summed E-state index contributed by atoms with van der Waals surface area (Å²) in [6.45, 7) is 0.757. The zero-order valence-corrected chi connectivity index (χ0v) is 12.7. The number of aromatic nitrogens is 1. The molecule has 0 radical (unpaired) electrons. The Kier molecular flexibility index (Phi) is 3.75. The number of nitrogens with zero attached hydrogens (tertiary/aromatic N) is 2. The smallest absolute Gasteiger partial charge is 0.276 e. The van der Waals surface area contributed by atoms with Gasteiger partial charge in [-0.2, -0.15) is 0 Å². The van der Waals surface area contributed by atoms with E-state index in [2.05, 4.69) is 9.71 Å². The predicted octanol–water partition coefficient (Wildman–Crippen LogP) is 0.698. The van der Waals surface area contributed by atoms with Gasteiger partial charge in [-0.05, 0) is 18.6 Å². The van der Waals surface area contributed by atoms with Crippen LogP contribution in [0.1, 0.15) is 16.9 Å². The van der Waals surface area contributed by atoms with Crippen LogP contribution in [0.2, 0.25) is 0 Å². The molecule has 0 aliphatic carbocycles. The largest absolute Gasteiger partial charge is 0.461 e. The van der Waals surface area contributed by atoms with Gasteiger partial charge in [-0.25, -0.2) is 18.1 Å². The van der Waals surface area contributed by atoms with Crippen molar-refractivity contribution < 1.29 is 22.0 Å². The van der Waals surface area contributed by atoms with Crippen LogP contribution in [0.4, 0.5) is 0 Å². The molecule has 22 heavy (non-hydrogen) atoms. The molecule has 1 N–H and O–H groups in total. The standard InChI is InChI=1S/C13H15N3O5S/c1-22(18,19)15-9-4-5-16(7-9)13(17)11-12(21-8-14-11)10-3-2-6-20-10/h2-3,6,8-9,15H,4-5,7H2,1H3. The molecule has 1 atom stereocenters. The van der Waals surface area contributed by atoms with E-state index >= 15 is 0 Å². The number of nitrogens with one attached hydrogen (secondary N) is 1. The third-order valence-corrected chi connectivity index (χ3v) is 4.13. The van der Waals surface area contributed by atoms with Gasteiger partial charge in [0.05, 0.1) is 12.5 Å². The number of carbonyl (C=O) groups excluding carboxylic acids is 1. The number of rotatable bonds is 4. The van der Waals surface area contributed by atoms with E-state index in [1.54, 1.807) is 17.0 Å². The SMILES string of the molecule is CS(=O)(=O)NC1CCN(C(=O)c2ncoc2-c2ccco2)C1. The summed E-state index contributed by atoms with van der Waals surface area (Å²) in [4.78, 5) is 18.0. The summed E-state index contributed by atoms with van der Waals surface area (Å²) in [6, 6.07) is 3.08. The molecular formula is C13H15N3O5S. The van der Waals surface area contributed by atoms with E-state index in [-0.39, 0.29) is 23.4 Å². The van der Waals surface area contributed by atoms with Crippen LogP contribution in [0.15, 0.2) is 33.6 Å². The molecule has 0 saturated carbocycles. The summed E-state index contributed by atoms with van der Waals surface area (Å²) in [5.74, 6) is 0.387. The van der Waals surface area contributed by atoms with Gasteiger partial charge in [0, 0.05) is 19.1 Å². The summed E-state index contributed by atoms with van der Waals surface area (Å²) in [6.07, 6.45) is 4.33. The van der Waals surface area contributed by atoms with Gasteiger partial charge in [0.25, 0.3) is 5.91 Å². The van der Waals surface area contributed by atoms with Crippen LogP contribution in [-0.4, -0.2) is 49.6 Å². The number of sulfonamides is 1. The van der Waals surface area contributed by atoms with E-state index in [1.807, 2.05) is 0 Å². The second kappa shape index (κ2) is 5.58. The number of oxazole rings is 1. The maximum atomic E-state index is 12.5. The van der Waals surface area contributed by atoms with Crippen LogP contribution in [0.3, 0.4) is 0 Å². The first kappa shape index (κ1) is 14.8. The lowest BCUT2D eigenvalue weighted by Gasteiger charge is -2.15. The summed E-state index contributed by atoms with van der Waals surface area (Å²) in [5.41, 5.74) is 0.162. The normalized spacial score (nSPS) is 18.8. The third kappa shape index (κ3) is 3.04. The molecule has 1 saturated heterocycles. The first-order valence-electron chi connectivity index (χ1n) is 6.68. The van der Waals surface area contributed by atoms with Crippen molar-refractivity contribution in [3.05, 3.63) is 30.5 Å². The molecule has 8 nitrogen and oxygen atoms in total. The highest BCUT2D eigenvalue weighted by Crippen LogP contribution is 2.25. The number of likely N-dealkylation sites (tertiary alicyclic amines) is 1. The number of carbonyl (C=O) groups is 1. The van der Waals surface area contributed by atoms with Gasteiger partial charge in [0.2, 0.25) is 15.8 Å². The fourth-order valence-corrected chi connectivity index (χ4v) is 3.27. The molecular weight excluding hydrogens is 310 g/mol. The average Bonchev–Trinajstić information content (AvgIpc) is 3.17. The molecule has 9 heteroatoms. The molecule has 0 aromatic carbocycles. The van der Waals surface area contributed by atoms with Gasteiger partial charge in [-0.1, -0.05) is 0 Å². The van der Waals surface area contributed by atoms with E-state index in [4.69, 9.17) is 8.83 Å². The minimum Gasteiger partial charge on any atom is -0.461 e. The van der Waals surface area contributed by atoms with Crippen LogP contribution in [0.25, 0.3) is 11.5 Å². The zero-order valence-electron chi connectivity index (χ0n) is 11.9. The molecule has 1 amide bonds. The second-order valence-electron chi connectivity index (χ2n) is 5.13. The summed E-state index contributed by atoms with van der Waals surface area (Å²) in [5, 5.41) is 0. The Hall–Kier alpha value is -2.13. The van der Waals surface area contributed by atoms with Crippen molar-refractivity contribution in [1.29, 1.82) is 0 Å². The van der Waals surface area contributed by atoms with Gasteiger partial charge in [-0.3, -0.25) is 4.79 Å². The fourth-order valence-electron chi connectivity index (χ4n) is 2.47. The fraction of sp³-hybridized carbons (Fsp3) is 0.385. The van der Waals surface area contributed by atoms with E-state index in [9.17, 15) is 13.2 Å². The van der Waals surface area contributed by atoms with Crippen molar-refractivity contribution in [2.75, 3.05) is 19.3 Å². The van der Waals surface area contributed by atoms with Crippen molar-refractivity contribution in [1.82, 2.24) is 14.6 Å². The maximum absolute atomic E-state index is 12.5. The lowest BCUT2D eigenvalue weighted by Crippen LogP contribution is -2.38. The van der Waals surface area contributed by atoms with Gasteiger partial charge in [-0.15, -0.1) is 0 Å². The molecule has 3 rings (SSSR count). The Labute approximate surface area is 127 Å². The highest BCUT2D eigenvalue weighted by atomic mass is 32.2. The lowest BCUT2D eigenvalue weighted by molar-refractivity contribution is 0.0785.